The maximum absolute atomic E-state index is 13.8. The maximum Gasteiger partial charge on any atom is 0.138 e. The quantitative estimate of drug-likeness (QED) is 0.341. The van der Waals surface area contributed by atoms with Crippen LogP contribution in [0.25, 0.3) is 5.57 Å². The predicted molar refractivity (Wildman–Crippen MR) is 75.3 cm³/mol. The molecule has 0 aromatic heterocycles. The van der Waals surface area contributed by atoms with Gasteiger partial charge in [0.05, 0.1) is 9.94 Å². The summed E-state index contributed by atoms with van der Waals surface area (Å²) in [4.78, 5) is 4.62. The third-order valence-electron chi connectivity index (χ3n) is 2.13. The lowest BCUT2D eigenvalue weighted by atomic mass is 10.1. The Morgan fingerprint density at radius 3 is 2.50 bits per heavy atom. The number of thioether (sulfide) groups is 1. The van der Waals surface area contributed by atoms with Crippen molar-refractivity contribution >= 4 is 36.9 Å². The first-order valence-corrected chi connectivity index (χ1v) is 6.21. The number of aliphatic imine (C=N–C) groups is 1. The largest absolute Gasteiger partial charge is 0.286 e. The molecule has 1 aromatic rings. The standard InChI is InChI=1S/C12H15FNPS/c1-7(2)9-5-10(13)12(11(15)6-9)16-8(3)14-4/h5-6H,1,15H2,2-4H3. The molecular weight excluding hydrogens is 240 g/mol. The molecule has 0 bridgehead atoms. The van der Waals surface area contributed by atoms with Crippen molar-refractivity contribution in [3.63, 3.8) is 0 Å². The second-order valence-electron chi connectivity index (χ2n) is 3.50. The molecule has 4 heteroatoms. The molecule has 1 aromatic carbocycles. The second kappa shape index (κ2) is 5.60. The minimum atomic E-state index is -0.224. The van der Waals surface area contributed by atoms with Crippen LogP contribution in [0.15, 0.2) is 28.6 Å². The predicted octanol–water partition coefficient (Wildman–Crippen LogP) is 3.50. The van der Waals surface area contributed by atoms with Crippen molar-refractivity contribution < 1.29 is 4.39 Å². The van der Waals surface area contributed by atoms with Crippen LogP contribution in [-0.2, 0) is 0 Å². The highest BCUT2D eigenvalue weighted by Crippen LogP contribution is 2.25. The Morgan fingerprint density at radius 2 is 2.06 bits per heavy atom. The van der Waals surface area contributed by atoms with Crippen LogP contribution < -0.4 is 5.30 Å². The molecule has 0 aliphatic carbocycles. The fourth-order valence-corrected chi connectivity index (χ4v) is 2.38. The minimum absolute atomic E-state index is 0.224. The number of rotatable bonds is 2. The molecule has 0 amide bonds. The van der Waals surface area contributed by atoms with Crippen molar-refractivity contribution in [1.29, 1.82) is 0 Å². The lowest BCUT2D eigenvalue weighted by Gasteiger charge is -2.09. The summed E-state index contributed by atoms with van der Waals surface area (Å²) in [7, 11) is 4.25. The first-order valence-electron chi connectivity index (χ1n) is 4.81. The van der Waals surface area contributed by atoms with E-state index in [0.717, 1.165) is 21.5 Å². The van der Waals surface area contributed by atoms with Gasteiger partial charge in [0.15, 0.2) is 0 Å². The smallest absolute Gasteiger partial charge is 0.138 e. The van der Waals surface area contributed by atoms with E-state index >= 15 is 0 Å². The molecule has 1 unspecified atom stereocenters. The van der Waals surface area contributed by atoms with Crippen LogP contribution in [0.2, 0.25) is 0 Å². The van der Waals surface area contributed by atoms with Gasteiger partial charge in [-0.1, -0.05) is 23.9 Å². The molecule has 86 valence electrons. The summed E-state index contributed by atoms with van der Waals surface area (Å²) in [6, 6.07) is 3.43. The van der Waals surface area contributed by atoms with E-state index in [1.807, 2.05) is 19.9 Å². The van der Waals surface area contributed by atoms with Crippen molar-refractivity contribution in [3.05, 3.63) is 30.1 Å². The highest BCUT2D eigenvalue weighted by molar-refractivity contribution is 8.14. The summed E-state index contributed by atoms with van der Waals surface area (Å²) in [5.74, 6) is -0.224. The van der Waals surface area contributed by atoms with Crippen LogP contribution in [0, 0.1) is 5.82 Å². The van der Waals surface area contributed by atoms with E-state index in [1.54, 1.807) is 7.05 Å². The molecule has 0 heterocycles. The van der Waals surface area contributed by atoms with Crippen LogP contribution in [0.3, 0.4) is 0 Å². The van der Waals surface area contributed by atoms with Crippen LogP contribution in [0.1, 0.15) is 19.4 Å². The van der Waals surface area contributed by atoms with Crippen molar-refractivity contribution in [2.75, 3.05) is 7.05 Å². The lowest BCUT2D eigenvalue weighted by Crippen LogP contribution is -2.03. The summed E-state index contributed by atoms with van der Waals surface area (Å²) in [6.45, 7) is 7.54. The number of hydrogen-bond donors (Lipinski definition) is 0. The zero-order valence-electron chi connectivity index (χ0n) is 9.67. The van der Waals surface area contributed by atoms with E-state index in [0.29, 0.717) is 4.90 Å². The zero-order valence-corrected chi connectivity index (χ0v) is 11.6. The first-order chi connectivity index (χ1) is 7.45. The van der Waals surface area contributed by atoms with Gasteiger partial charge < -0.3 is 0 Å². The maximum atomic E-state index is 13.8. The average molecular weight is 255 g/mol. The molecule has 0 radical (unpaired) electrons. The van der Waals surface area contributed by atoms with Gasteiger partial charge in [0.2, 0.25) is 0 Å². The second-order valence-corrected chi connectivity index (χ2v) is 5.33. The van der Waals surface area contributed by atoms with Crippen molar-refractivity contribution in [2.45, 2.75) is 18.7 Å². The molecule has 1 rings (SSSR count). The van der Waals surface area contributed by atoms with Crippen LogP contribution >= 0.6 is 21.0 Å². The molecule has 0 aliphatic heterocycles. The fraction of sp³-hybridized carbons (Fsp3) is 0.250. The zero-order chi connectivity index (χ0) is 12.3. The minimum Gasteiger partial charge on any atom is -0.286 e. The van der Waals surface area contributed by atoms with Gasteiger partial charge in [-0.25, -0.2) is 4.39 Å². The lowest BCUT2D eigenvalue weighted by molar-refractivity contribution is 0.604. The number of halogens is 1. The van der Waals surface area contributed by atoms with Crippen LogP contribution in [0.4, 0.5) is 4.39 Å². The molecule has 0 saturated carbocycles. The van der Waals surface area contributed by atoms with Gasteiger partial charge in [0, 0.05) is 7.05 Å². The Hall–Kier alpha value is -0.660. The number of hydrogen-bond acceptors (Lipinski definition) is 2. The summed E-state index contributed by atoms with van der Waals surface area (Å²) >= 11 is 1.34. The van der Waals surface area contributed by atoms with E-state index in [1.165, 1.54) is 17.8 Å². The summed E-state index contributed by atoms with van der Waals surface area (Å²) in [6.07, 6.45) is 0. The highest BCUT2D eigenvalue weighted by atomic mass is 32.2. The first kappa shape index (κ1) is 13.4. The molecule has 0 saturated heterocycles. The van der Waals surface area contributed by atoms with E-state index in [9.17, 15) is 4.39 Å². The average Bonchev–Trinajstić information content (AvgIpc) is 2.22. The van der Waals surface area contributed by atoms with Gasteiger partial charge in [-0.2, -0.15) is 0 Å². The van der Waals surface area contributed by atoms with Crippen molar-refractivity contribution in [2.24, 2.45) is 4.99 Å². The molecule has 0 N–H and O–H groups in total. The van der Waals surface area contributed by atoms with Crippen LogP contribution in [-0.4, -0.2) is 12.1 Å². The van der Waals surface area contributed by atoms with Gasteiger partial charge in [-0.15, -0.1) is 9.24 Å². The van der Waals surface area contributed by atoms with Gasteiger partial charge in [0.1, 0.15) is 5.82 Å². The van der Waals surface area contributed by atoms with E-state index in [4.69, 9.17) is 0 Å². The molecule has 0 fully saturated rings. The fourth-order valence-electron chi connectivity index (χ4n) is 1.16. The normalized spacial score (nSPS) is 11.7. The summed E-state index contributed by atoms with van der Waals surface area (Å²) in [5.41, 5.74) is 1.69. The molecular formula is C12H15FNPS. The number of allylic oxidation sites excluding steroid dienone is 1. The summed E-state index contributed by atoms with van der Waals surface area (Å²) < 4.78 is 13.8. The number of nitrogens with zero attached hydrogens (tertiary/aromatic N) is 1. The monoisotopic (exact) mass is 255 g/mol. The highest BCUT2D eigenvalue weighted by Gasteiger charge is 2.10. The van der Waals surface area contributed by atoms with Gasteiger partial charge in [-0.05, 0) is 36.8 Å². The van der Waals surface area contributed by atoms with E-state index < -0.39 is 0 Å². The Morgan fingerprint density at radius 1 is 1.44 bits per heavy atom. The number of benzene rings is 1. The van der Waals surface area contributed by atoms with Gasteiger partial charge in [-0.3, -0.25) is 4.99 Å². The topological polar surface area (TPSA) is 12.4 Å². The Balaban J connectivity index is 3.17. The molecule has 1 nitrogen and oxygen atoms in total. The third kappa shape index (κ3) is 3.16. The van der Waals surface area contributed by atoms with E-state index in [2.05, 4.69) is 20.8 Å². The molecule has 1 atom stereocenters. The van der Waals surface area contributed by atoms with E-state index in [-0.39, 0.29) is 5.82 Å². The Bertz CT molecular complexity index is 431. The summed E-state index contributed by atoms with van der Waals surface area (Å²) in [5, 5.41) is 1.68. The van der Waals surface area contributed by atoms with Gasteiger partial charge in [0.25, 0.3) is 0 Å². The Kier molecular flexibility index (Phi) is 4.69. The van der Waals surface area contributed by atoms with Gasteiger partial charge >= 0.3 is 0 Å². The molecule has 0 spiro atoms. The van der Waals surface area contributed by atoms with Crippen molar-refractivity contribution in [3.8, 4) is 0 Å². The SMILES string of the molecule is C=C(C)c1cc(F)c(SC(C)=NC)c(P)c1. The third-order valence-corrected chi connectivity index (χ3v) is 3.91. The Labute approximate surface area is 102 Å². The molecule has 16 heavy (non-hydrogen) atoms. The van der Waals surface area contributed by atoms with Crippen molar-refractivity contribution in [1.82, 2.24) is 0 Å². The van der Waals surface area contributed by atoms with Crippen LogP contribution in [0.5, 0.6) is 0 Å². The molecule has 0 aliphatic rings.